The third kappa shape index (κ3) is 10.0. The minimum atomic E-state index is -0.199. The van der Waals surface area contributed by atoms with Crippen molar-refractivity contribution < 1.29 is 4.74 Å². The minimum Gasteiger partial charge on any atom is -0.457 e. The Labute approximate surface area is 445 Å². The van der Waals surface area contributed by atoms with Crippen LogP contribution in [0.3, 0.4) is 0 Å². The summed E-state index contributed by atoms with van der Waals surface area (Å²) in [6, 6.07) is 48.0. The van der Waals surface area contributed by atoms with E-state index in [9.17, 15) is 0 Å². The number of hydrogen-bond acceptors (Lipinski definition) is 4. The molecule has 0 atom stereocenters. The first kappa shape index (κ1) is 52.5. The van der Waals surface area contributed by atoms with Gasteiger partial charge in [0.1, 0.15) is 24.0 Å². The lowest BCUT2D eigenvalue weighted by Gasteiger charge is -2.32. The second-order valence-electron chi connectivity index (χ2n) is 28.1. The van der Waals surface area contributed by atoms with E-state index < -0.39 is 0 Å². The molecule has 8 aromatic rings. The molecule has 0 unspecified atom stereocenters. The van der Waals surface area contributed by atoms with Gasteiger partial charge >= 0.3 is 0 Å². The third-order valence-corrected chi connectivity index (χ3v) is 15.7. The van der Waals surface area contributed by atoms with E-state index in [1.54, 1.807) is 0 Å². The highest BCUT2D eigenvalue weighted by atomic mass is 16.5. The van der Waals surface area contributed by atoms with Crippen molar-refractivity contribution in [2.75, 3.05) is 16.5 Å². The van der Waals surface area contributed by atoms with Crippen molar-refractivity contribution in [3.8, 4) is 17.3 Å². The average molecular weight is 985 g/mol. The zero-order valence-electron chi connectivity index (χ0n) is 48.6. The van der Waals surface area contributed by atoms with Gasteiger partial charge in [-0.15, -0.1) is 0 Å². The number of hydrogen-bond donors (Lipinski definition) is 0. The Bertz CT molecular complexity index is 3390. The first-order chi connectivity index (χ1) is 34.2. The molecular weight excluding hydrogens is 901 g/mol. The Hall–Kier alpha value is -6.33. The molecule has 0 bridgehead atoms. The molecule has 0 radical (unpaired) electrons. The van der Waals surface area contributed by atoms with Crippen LogP contribution in [0.15, 0.2) is 134 Å². The van der Waals surface area contributed by atoms with E-state index in [0.717, 1.165) is 39.4 Å². The fourth-order valence-corrected chi connectivity index (χ4v) is 10.7. The SMILES string of the molecule is CC(C)(C)c1cc(Oc2ccc3c4cc(C(C)(C)c5ccccc5)ccc4n(-c4cc(C(C)(C)C)ccn4)c3c2)cc(N2CN(c3cc(C(C)(C)C)cc(C(C)(C)C)c3)c3cc(C(C)(C)C)c(C(C)(C)C)cc32)c1. The largest absolute Gasteiger partial charge is 0.457 e. The summed E-state index contributed by atoms with van der Waals surface area (Å²) in [6.45, 7) is 47.1. The lowest BCUT2D eigenvalue weighted by atomic mass is 9.74. The molecule has 6 aromatic carbocycles. The van der Waals surface area contributed by atoms with Crippen LogP contribution in [0.5, 0.6) is 11.5 Å². The maximum Gasteiger partial charge on any atom is 0.137 e. The van der Waals surface area contributed by atoms with Gasteiger partial charge in [-0.3, -0.25) is 4.57 Å². The number of benzene rings is 6. The van der Waals surface area contributed by atoms with Crippen LogP contribution in [0, 0.1) is 0 Å². The molecule has 0 spiro atoms. The summed E-state index contributed by atoms with van der Waals surface area (Å²) in [5.74, 6) is 2.48. The molecule has 0 aliphatic carbocycles. The van der Waals surface area contributed by atoms with Gasteiger partial charge in [-0.2, -0.15) is 0 Å². The van der Waals surface area contributed by atoms with Gasteiger partial charge in [-0.25, -0.2) is 4.98 Å². The van der Waals surface area contributed by atoms with E-state index in [2.05, 4.69) is 280 Å². The molecular formula is C69H84N4O. The van der Waals surface area contributed by atoms with Gasteiger partial charge in [0.2, 0.25) is 0 Å². The molecule has 1 aliphatic rings. The maximum absolute atomic E-state index is 7.20. The fourth-order valence-electron chi connectivity index (χ4n) is 10.7. The maximum atomic E-state index is 7.20. The summed E-state index contributed by atoms with van der Waals surface area (Å²) >= 11 is 0. The molecule has 0 fully saturated rings. The highest BCUT2D eigenvalue weighted by Crippen LogP contribution is 2.51. The molecule has 2 aromatic heterocycles. The molecule has 0 amide bonds. The number of aromatic nitrogens is 2. The first-order valence-corrected chi connectivity index (χ1v) is 27.0. The lowest BCUT2D eigenvalue weighted by Crippen LogP contribution is -2.26. The van der Waals surface area contributed by atoms with Gasteiger partial charge < -0.3 is 14.5 Å². The Morgan fingerprint density at radius 1 is 0.378 bits per heavy atom. The predicted molar refractivity (Wildman–Crippen MR) is 318 cm³/mol. The van der Waals surface area contributed by atoms with Crippen LogP contribution in [-0.4, -0.2) is 16.2 Å². The smallest absolute Gasteiger partial charge is 0.137 e. The molecule has 9 rings (SSSR count). The second-order valence-corrected chi connectivity index (χ2v) is 28.1. The number of nitrogens with zero attached hydrogens (tertiary/aromatic N) is 4. The van der Waals surface area contributed by atoms with Crippen LogP contribution < -0.4 is 14.5 Å². The summed E-state index contributed by atoms with van der Waals surface area (Å²) < 4.78 is 9.53. The molecule has 0 saturated heterocycles. The monoisotopic (exact) mass is 985 g/mol. The number of pyridine rings is 1. The quantitative estimate of drug-likeness (QED) is 0.159. The highest BCUT2D eigenvalue weighted by molar-refractivity contribution is 6.10. The molecule has 3 heterocycles. The van der Waals surface area contributed by atoms with Crippen LogP contribution >= 0.6 is 0 Å². The Morgan fingerprint density at radius 2 is 0.905 bits per heavy atom. The van der Waals surface area contributed by atoms with Gasteiger partial charge in [0.25, 0.3) is 0 Å². The highest BCUT2D eigenvalue weighted by Gasteiger charge is 2.36. The Morgan fingerprint density at radius 3 is 1.43 bits per heavy atom. The average Bonchev–Trinajstić information content (AvgIpc) is 3.85. The topological polar surface area (TPSA) is 33.5 Å². The number of anilines is 4. The number of rotatable bonds is 7. The molecule has 386 valence electrons. The predicted octanol–water partition coefficient (Wildman–Crippen LogP) is 19.3. The van der Waals surface area contributed by atoms with Crippen molar-refractivity contribution in [3.63, 3.8) is 0 Å². The van der Waals surface area contributed by atoms with E-state index in [4.69, 9.17) is 9.72 Å². The van der Waals surface area contributed by atoms with Gasteiger partial charge in [-0.05, 0) is 150 Å². The second kappa shape index (κ2) is 17.9. The van der Waals surface area contributed by atoms with Crippen molar-refractivity contribution in [1.29, 1.82) is 0 Å². The zero-order chi connectivity index (χ0) is 53.9. The van der Waals surface area contributed by atoms with E-state index >= 15 is 0 Å². The van der Waals surface area contributed by atoms with Gasteiger partial charge in [0.15, 0.2) is 0 Å². The molecule has 0 N–H and O–H groups in total. The summed E-state index contributed by atoms with van der Waals surface area (Å²) in [6.07, 6.45) is 1.96. The van der Waals surface area contributed by atoms with E-state index in [-0.39, 0.29) is 37.9 Å². The fraction of sp³-hybridized carbons (Fsp3) is 0.406. The van der Waals surface area contributed by atoms with Crippen LogP contribution in [0.4, 0.5) is 22.7 Å². The van der Waals surface area contributed by atoms with E-state index in [1.165, 1.54) is 67.0 Å². The Kier molecular flexibility index (Phi) is 12.7. The number of fused-ring (bicyclic) bond motifs is 4. The van der Waals surface area contributed by atoms with Crippen LogP contribution in [0.2, 0.25) is 0 Å². The van der Waals surface area contributed by atoms with Crippen molar-refractivity contribution in [2.45, 2.75) is 176 Å². The standard InChI is InChI=1S/C69H84N4O/c1-63(2,3)45-30-31-70-62(38-45)73-58-29-26-46(69(19,20)44-24-22-21-23-25-44)37-55(58)54-28-27-52(40-59(54)73)74-53-36-49(66(10,11)12)35-51(39-53)72-43-71(50-33-47(64(4,5)6)32-48(34-50)65(7,8)9)60-41-56(67(13,14)15)57(42-61(60)72)68(16,17)18/h21-42H,43H2,1-20H3. The third-order valence-electron chi connectivity index (χ3n) is 15.7. The van der Waals surface area contributed by atoms with E-state index in [1.807, 2.05) is 6.20 Å². The van der Waals surface area contributed by atoms with Gasteiger partial charge in [0.05, 0.1) is 22.4 Å². The molecule has 0 saturated carbocycles. The number of ether oxygens (including phenoxy) is 1. The molecule has 5 heteroatoms. The van der Waals surface area contributed by atoms with Crippen LogP contribution in [0.1, 0.15) is 183 Å². The summed E-state index contributed by atoms with van der Waals surface area (Å²) in [5, 5.41) is 2.35. The normalized spacial score (nSPS) is 14.1. The first-order valence-electron chi connectivity index (χ1n) is 27.0. The van der Waals surface area contributed by atoms with Crippen molar-refractivity contribution in [2.24, 2.45) is 0 Å². The molecule has 1 aliphatic heterocycles. The summed E-state index contributed by atoms with van der Waals surface area (Å²) in [7, 11) is 0. The zero-order valence-corrected chi connectivity index (χ0v) is 48.6. The van der Waals surface area contributed by atoms with Gasteiger partial charge in [0, 0.05) is 45.9 Å². The van der Waals surface area contributed by atoms with Crippen LogP contribution in [-0.2, 0) is 37.9 Å². The van der Waals surface area contributed by atoms with Crippen LogP contribution in [0.25, 0.3) is 27.6 Å². The lowest BCUT2D eigenvalue weighted by molar-refractivity contribution is 0.479. The minimum absolute atomic E-state index is 0.0230. The van der Waals surface area contributed by atoms with Crippen molar-refractivity contribution >= 4 is 44.6 Å². The molecule has 5 nitrogen and oxygen atoms in total. The van der Waals surface area contributed by atoms with E-state index in [0.29, 0.717) is 6.67 Å². The van der Waals surface area contributed by atoms with Crippen molar-refractivity contribution in [1.82, 2.24) is 9.55 Å². The molecule has 74 heavy (non-hydrogen) atoms. The van der Waals surface area contributed by atoms with Gasteiger partial charge in [-0.1, -0.05) is 181 Å². The van der Waals surface area contributed by atoms with Crippen molar-refractivity contribution in [3.05, 3.63) is 178 Å². The summed E-state index contributed by atoms with van der Waals surface area (Å²) in [4.78, 5) is 10.1. The summed E-state index contributed by atoms with van der Waals surface area (Å²) in [5.41, 5.74) is 16.8. The Balaban J connectivity index is 1.22.